The first-order valence-corrected chi connectivity index (χ1v) is 10.5. The number of hydrogen-bond acceptors (Lipinski definition) is 2. The molecule has 1 aliphatic rings. The molecule has 0 atom stereocenters. The number of aromatic nitrogens is 2. The summed E-state index contributed by atoms with van der Waals surface area (Å²) >= 11 is 0. The van der Waals surface area contributed by atoms with Crippen molar-refractivity contribution in [3.8, 4) is 5.75 Å². The number of para-hydroxylation sites is 1. The van der Waals surface area contributed by atoms with Gasteiger partial charge in [0, 0.05) is 59.4 Å². The highest BCUT2D eigenvalue weighted by Gasteiger charge is 2.16. The number of fused-ring (bicyclic) bond motifs is 2. The van der Waals surface area contributed by atoms with Gasteiger partial charge in [-0.3, -0.25) is 4.90 Å². The third-order valence-corrected chi connectivity index (χ3v) is 5.99. The van der Waals surface area contributed by atoms with Crippen LogP contribution < -0.4 is 4.74 Å². The quantitative estimate of drug-likeness (QED) is 0.430. The zero-order valence-electron chi connectivity index (χ0n) is 16.9. The van der Waals surface area contributed by atoms with Crippen molar-refractivity contribution in [2.75, 3.05) is 26.2 Å². The second-order valence-corrected chi connectivity index (χ2v) is 7.88. The predicted octanol–water partition coefficient (Wildman–Crippen LogP) is 5.52. The van der Waals surface area contributed by atoms with Gasteiger partial charge in [-0.25, -0.2) is 0 Å². The summed E-state index contributed by atoms with van der Waals surface area (Å²) in [6, 6.07) is 14.8. The van der Waals surface area contributed by atoms with E-state index in [1.54, 1.807) is 0 Å². The maximum absolute atomic E-state index is 6.04. The van der Waals surface area contributed by atoms with Crippen LogP contribution in [0.15, 0.2) is 60.9 Å². The van der Waals surface area contributed by atoms with Gasteiger partial charge in [0.25, 0.3) is 0 Å². The molecule has 0 fully saturated rings. The minimum atomic E-state index is 0.749. The van der Waals surface area contributed by atoms with Crippen LogP contribution in [0.2, 0.25) is 0 Å². The van der Waals surface area contributed by atoms with Crippen LogP contribution in [0, 0.1) is 6.92 Å². The molecule has 148 valence electrons. The maximum atomic E-state index is 6.04. The Morgan fingerprint density at radius 1 is 1.03 bits per heavy atom. The molecule has 0 unspecified atom stereocenters. The number of H-pyrrole nitrogens is 2. The van der Waals surface area contributed by atoms with Gasteiger partial charge in [-0.05, 0) is 49.1 Å². The number of benzene rings is 2. The first-order valence-electron chi connectivity index (χ1n) is 10.5. The molecular formula is C25H27N3O. The Labute approximate surface area is 171 Å². The van der Waals surface area contributed by atoms with Crippen LogP contribution in [0.1, 0.15) is 24.0 Å². The van der Waals surface area contributed by atoms with Gasteiger partial charge in [0.05, 0.1) is 6.61 Å². The molecule has 29 heavy (non-hydrogen) atoms. The van der Waals surface area contributed by atoms with Crippen molar-refractivity contribution in [2.45, 2.75) is 19.8 Å². The summed E-state index contributed by atoms with van der Waals surface area (Å²) in [6.45, 7) is 6.11. The summed E-state index contributed by atoms with van der Waals surface area (Å²) in [4.78, 5) is 9.21. The number of rotatable bonds is 6. The monoisotopic (exact) mass is 385 g/mol. The lowest BCUT2D eigenvalue weighted by molar-refractivity contribution is 0.250. The number of nitrogens with one attached hydrogen (secondary N) is 2. The molecule has 3 heterocycles. The molecule has 0 saturated carbocycles. The Hall–Kier alpha value is -2.98. The van der Waals surface area contributed by atoms with E-state index in [9.17, 15) is 0 Å². The summed E-state index contributed by atoms with van der Waals surface area (Å²) in [6.07, 6.45) is 8.68. The van der Waals surface area contributed by atoms with Crippen LogP contribution in [-0.2, 0) is 0 Å². The van der Waals surface area contributed by atoms with Gasteiger partial charge < -0.3 is 14.7 Å². The van der Waals surface area contributed by atoms with Gasteiger partial charge in [0.15, 0.2) is 0 Å². The van der Waals surface area contributed by atoms with Crippen molar-refractivity contribution >= 4 is 27.4 Å². The Morgan fingerprint density at radius 3 is 2.86 bits per heavy atom. The lowest BCUT2D eigenvalue weighted by atomic mass is 9.98. The van der Waals surface area contributed by atoms with Crippen LogP contribution in [0.5, 0.6) is 5.75 Å². The third kappa shape index (κ3) is 3.56. The lowest BCUT2D eigenvalue weighted by Crippen LogP contribution is -2.30. The average molecular weight is 386 g/mol. The number of hydrogen-bond donors (Lipinski definition) is 2. The standard InChI is InChI=1S/C25H27N3O/c1-18-5-2-6-20-22(17-27-25(18)20)19-10-14-28(15-11-19)13-4-16-29-24-8-3-7-23-21(24)9-12-26-23/h2-3,5-10,12,17,26-27H,4,11,13-16H2,1H3. The fraction of sp³-hybridized carbons (Fsp3) is 0.280. The van der Waals surface area contributed by atoms with Gasteiger partial charge in [-0.15, -0.1) is 0 Å². The summed E-state index contributed by atoms with van der Waals surface area (Å²) in [5.74, 6) is 0.971. The molecule has 4 aromatic rings. The second kappa shape index (κ2) is 7.80. The molecule has 0 spiro atoms. The predicted molar refractivity (Wildman–Crippen MR) is 120 cm³/mol. The third-order valence-electron chi connectivity index (χ3n) is 5.99. The summed E-state index contributed by atoms with van der Waals surface area (Å²) in [5, 5.41) is 2.50. The molecule has 4 nitrogen and oxygen atoms in total. The van der Waals surface area contributed by atoms with Crippen molar-refractivity contribution < 1.29 is 4.74 Å². The first kappa shape index (κ1) is 18.1. The second-order valence-electron chi connectivity index (χ2n) is 7.88. The number of aromatic amines is 2. The van der Waals surface area contributed by atoms with E-state index in [1.807, 2.05) is 12.3 Å². The Balaban J connectivity index is 1.16. The largest absolute Gasteiger partial charge is 0.493 e. The van der Waals surface area contributed by atoms with E-state index in [0.717, 1.165) is 55.7 Å². The molecule has 0 amide bonds. The molecule has 2 aromatic carbocycles. The van der Waals surface area contributed by atoms with Crippen molar-refractivity contribution in [2.24, 2.45) is 0 Å². The Morgan fingerprint density at radius 2 is 1.97 bits per heavy atom. The van der Waals surface area contributed by atoms with Gasteiger partial charge in [-0.1, -0.05) is 30.3 Å². The molecule has 0 radical (unpaired) electrons. The molecule has 2 aromatic heterocycles. The number of aryl methyl sites for hydroxylation is 1. The van der Waals surface area contributed by atoms with Crippen LogP contribution in [-0.4, -0.2) is 41.1 Å². The Bertz CT molecular complexity index is 1170. The van der Waals surface area contributed by atoms with Crippen LogP contribution >= 0.6 is 0 Å². The highest BCUT2D eigenvalue weighted by molar-refractivity contribution is 5.94. The first-order chi connectivity index (χ1) is 14.3. The molecule has 0 saturated heterocycles. The van der Waals surface area contributed by atoms with Crippen molar-refractivity contribution in [3.05, 3.63) is 72.1 Å². The topological polar surface area (TPSA) is 44.0 Å². The van der Waals surface area contributed by atoms with Gasteiger partial charge in [0.1, 0.15) is 5.75 Å². The van der Waals surface area contributed by atoms with E-state index >= 15 is 0 Å². The molecule has 4 heteroatoms. The zero-order valence-corrected chi connectivity index (χ0v) is 16.9. The molecular weight excluding hydrogens is 358 g/mol. The van der Waals surface area contributed by atoms with E-state index in [2.05, 4.69) is 70.5 Å². The highest BCUT2D eigenvalue weighted by Crippen LogP contribution is 2.30. The van der Waals surface area contributed by atoms with Crippen LogP contribution in [0.4, 0.5) is 0 Å². The summed E-state index contributed by atoms with van der Waals surface area (Å²) in [7, 11) is 0. The van der Waals surface area contributed by atoms with E-state index in [0.29, 0.717) is 0 Å². The van der Waals surface area contributed by atoms with Crippen molar-refractivity contribution in [1.29, 1.82) is 0 Å². The SMILES string of the molecule is Cc1cccc2c(C3=CCN(CCCOc4cccc5[nH]ccc45)CC3)c[nH]c12. The minimum Gasteiger partial charge on any atom is -0.493 e. The van der Waals surface area contributed by atoms with E-state index in [4.69, 9.17) is 4.74 Å². The van der Waals surface area contributed by atoms with Crippen LogP contribution in [0.3, 0.4) is 0 Å². The van der Waals surface area contributed by atoms with Gasteiger partial charge in [0.2, 0.25) is 0 Å². The maximum Gasteiger partial charge on any atom is 0.128 e. The minimum absolute atomic E-state index is 0.749. The fourth-order valence-corrected chi connectivity index (χ4v) is 4.38. The zero-order chi connectivity index (χ0) is 19.6. The van der Waals surface area contributed by atoms with Crippen molar-refractivity contribution in [3.63, 3.8) is 0 Å². The normalized spacial score (nSPS) is 15.1. The molecule has 2 N–H and O–H groups in total. The van der Waals surface area contributed by atoms with Crippen LogP contribution in [0.25, 0.3) is 27.4 Å². The molecule has 5 rings (SSSR count). The van der Waals surface area contributed by atoms with E-state index < -0.39 is 0 Å². The number of nitrogens with zero attached hydrogens (tertiary/aromatic N) is 1. The fourth-order valence-electron chi connectivity index (χ4n) is 4.38. The van der Waals surface area contributed by atoms with E-state index in [-0.39, 0.29) is 0 Å². The molecule has 0 aliphatic carbocycles. The van der Waals surface area contributed by atoms with Crippen molar-refractivity contribution in [1.82, 2.24) is 14.9 Å². The molecule has 1 aliphatic heterocycles. The number of ether oxygens (including phenoxy) is 1. The molecule has 0 bridgehead atoms. The summed E-state index contributed by atoms with van der Waals surface area (Å²) < 4.78 is 6.04. The smallest absolute Gasteiger partial charge is 0.128 e. The summed E-state index contributed by atoms with van der Waals surface area (Å²) in [5.41, 5.74) is 6.53. The van der Waals surface area contributed by atoms with Gasteiger partial charge >= 0.3 is 0 Å². The van der Waals surface area contributed by atoms with E-state index in [1.165, 1.54) is 27.6 Å². The average Bonchev–Trinajstić information content (AvgIpc) is 3.40. The Kier molecular flexibility index (Phi) is 4.86. The highest BCUT2D eigenvalue weighted by atomic mass is 16.5. The van der Waals surface area contributed by atoms with Gasteiger partial charge in [-0.2, -0.15) is 0 Å². The lowest BCUT2D eigenvalue weighted by Gasteiger charge is -2.26.